The highest BCUT2D eigenvalue weighted by molar-refractivity contribution is 6.33. The van der Waals surface area contributed by atoms with Crippen LogP contribution in [0.3, 0.4) is 0 Å². The van der Waals surface area contributed by atoms with Gasteiger partial charge in [-0.15, -0.1) is 10.2 Å². The van der Waals surface area contributed by atoms with Crippen molar-refractivity contribution < 1.29 is 4.79 Å². The second-order valence-electron chi connectivity index (χ2n) is 9.09. The molecule has 0 saturated carbocycles. The first kappa shape index (κ1) is 22.5. The Balaban J connectivity index is 1.40. The molecular formula is C28H25ClN6O. The highest BCUT2D eigenvalue weighted by atomic mass is 35.5. The number of aromatic nitrogens is 4. The highest BCUT2D eigenvalue weighted by Crippen LogP contribution is 2.29. The average molecular weight is 497 g/mol. The van der Waals surface area contributed by atoms with E-state index >= 15 is 0 Å². The topological polar surface area (TPSA) is 66.6 Å². The minimum Gasteiger partial charge on any atom is -0.340 e. The molecule has 1 amide bonds. The highest BCUT2D eigenvalue weighted by Gasteiger charge is 2.25. The summed E-state index contributed by atoms with van der Waals surface area (Å²) in [7, 11) is 0. The molecule has 2 aromatic heterocycles. The summed E-state index contributed by atoms with van der Waals surface area (Å²) < 4.78 is 2.05. The van der Waals surface area contributed by atoms with E-state index in [0.717, 1.165) is 46.9 Å². The molecule has 0 unspecified atom stereocenters. The number of hydrogen-bond acceptors (Lipinski definition) is 5. The minimum atomic E-state index is -0.0382. The number of para-hydroxylation sites is 1. The van der Waals surface area contributed by atoms with Crippen molar-refractivity contribution in [2.24, 2.45) is 0 Å². The van der Waals surface area contributed by atoms with Gasteiger partial charge in [0.15, 0.2) is 11.5 Å². The van der Waals surface area contributed by atoms with E-state index < -0.39 is 0 Å². The standard InChI is InChI=1S/C28H25ClN6O/c1-19-11-13-20(14-12-19)25-31-32-26-22-8-3-5-10-24(22)30-28(35(25)26)34-16-6-15-33(17-18-34)27(36)21-7-2-4-9-23(21)29/h2-5,7-14H,6,15-18H2,1H3. The van der Waals surface area contributed by atoms with Crippen molar-refractivity contribution in [3.8, 4) is 11.4 Å². The van der Waals surface area contributed by atoms with Gasteiger partial charge in [0, 0.05) is 37.1 Å². The molecule has 3 aromatic carbocycles. The number of aryl methyl sites for hydroxylation is 1. The van der Waals surface area contributed by atoms with Crippen LogP contribution in [0.25, 0.3) is 27.9 Å². The number of nitrogens with zero attached hydrogens (tertiary/aromatic N) is 6. The Hall–Kier alpha value is -3.97. The Morgan fingerprint density at radius 1 is 0.861 bits per heavy atom. The molecule has 36 heavy (non-hydrogen) atoms. The Labute approximate surface area is 214 Å². The lowest BCUT2D eigenvalue weighted by molar-refractivity contribution is 0.0767. The van der Waals surface area contributed by atoms with E-state index in [9.17, 15) is 4.79 Å². The van der Waals surface area contributed by atoms with Crippen LogP contribution in [0.1, 0.15) is 22.3 Å². The molecule has 1 saturated heterocycles. The summed E-state index contributed by atoms with van der Waals surface area (Å²) in [6.45, 7) is 4.70. The predicted molar refractivity (Wildman–Crippen MR) is 143 cm³/mol. The maximum atomic E-state index is 13.2. The van der Waals surface area contributed by atoms with Crippen LogP contribution < -0.4 is 4.90 Å². The molecule has 0 N–H and O–H groups in total. The molecule has 0 bridgehead atoms. The average Bonchev–Trinajstić information content (AvgIpc) is 3.20. The summed E-state index contributed by atoms with van der Waals surface area (Å²) >= 11 is 6.31. The first-order valence-electron chi connectivity index (χ1n) is 12.1. The lowest BCUT2D eigenvalue weighted by atomic mass is 10.1. The van der Waals surface area contributed by atoms with Crippen molar-refractivity contribution in [1.29, 1.82) is 0 Å². The van der Waals surface area contributed by atoms with Gasteiger partial charge < -0.3 is 9.80 Å². The molecule has 1 fully saturated rings. The lowest BCUT2D eigenvalue weighted by Crippen LogP contribution is -2.36. The summed E-state index contributed by atoms with van der Waals surface area (Å²) in [5.41, 5.74) is 4.36. The third kappa shape index (κ3) is 3.95. The van der Waals surface area contributed by atoms with Crippen molar-refractivity contribution in [3.63, 3.8) is 0 Å². The zero-order valence-electron chi connectivity index (χ0n) is 19.9. The number of rotatable bonds is 3. The van der Waals surface area contributed by atoms with Crippen LogP contribution in [0.15, 0.2) is 72.8 Å². The Bertz CT molecular complexity index is 1580. The fourth-order valence-corrected chi connectivity index (χ4v) is 5.01. The van der Waals surface area contributed by atoms with Crippen molar-refractivity contribution in [2.45, 2.75) is 13.3 Å². The Kier molecular flexibility index (Phi) is 5.77. The molecule has 0 atom stereocenters. The summed E-state index contributed by atoms with van der Waals surface area (Å²) in [6, 6.07) is 23.5. The molecule has 180 valence electrons. The monoisotopic (exact) mass is 496 g/mol. The van der Waals surface area contributed by atoms with Crippen molar-refractivity contribution in [3.05, 3.63) is 88.9 Å². The summed E-state index contributed by atoms with van der Waals surface area (Å²) in [4.78, 5) is 22.4. The van der Waals surface area contributed by atoms with Crippen LogP contribution in [0, 0.1) is 6.92 Å². The van der Waals surface area contributed by atoms with Gasteiger partial charge in [-0.1, -0.05) is 65.7 Å². The zero-order chi connectivity index (χ0) is 24.6. The van der Waals surface area contributed by atoms with Gasteiger partial charge in [0.1, 0.15) is 0 Å². The number of benzene rings is 3. The predicted octanol–water partition coefficient (Wildman–Crippen LogP) is 5.26. The molecular weight excluding hydrogens is 472 g/mol. The molecule has 1 aliphatic heterocycles. The first-order valence-corrected chi connectivity index (χ1v) is 12.5. The van der Waals surface area contributed by atoms with Crippen LogP contribution in [0.4, 0.5) is 5.95 Å². The van der Waals surface area contributed by atoms with Gasteiger partial charge in [0.25, 0.3) is 5.91 Å². The summed E-state index contributed by atoms with van der Waals surface area (Å²) in [5.74, 6) is 1.51. The van der Waals surface area contributed by atoms with Crippen molar-refractivity contribution >= 4 is 40.0 Å². The van der Waals surface area contributed by atoms with Gasteiger partial charge in [-0.05, 0) is 37.6 Å². The first-order chi connectivity index (χ1) is 17.6. The fraction of sp³-hybridized carbons (Fsp3) is 0.214. The van der Waals surface area contributed by atoms with E-state index in [1.54, 1.807) is 12.1 Å². The maximum Gasteiger partial charge on any atom is 0.255 e. The van der Waals surface area contributed by atoms with Gasteiger partial charge >= 0.3 is 0 Å². The molecule has 0 aliphatic carbocycles. The molecule has 3 heterocycles. The van der Waals surface area contributed by atoms with E-state index in [1.807, 2.05) is 41.3 Å². The largest absolute Gasteiger partial charge is 0.340 e. The summed E-state index contributed by atoms with van der Waals surface area (Å²) in [6.07, 6.45) is 0.814. The molecule has 5 aromatic rings. The van der Waals surface area contributed by atoms with Crippen molar-refractivity contribution in [2.75, 3.05) is 31.1 Å². The molecule has 0 radical (unpaired) electrons. The fourth-order valence-electron chi connectivity index (χ4n) is 4.79. The Morgan fingerprint density at radius 3 is 2.47 bits per heavy atom. The molecule has 1 aliphatic rings. The minimum absolute atomic E-state index is 0.0382. The van der Waals surface area contributed by atoms with Crippen LogP contribution >= 0.6 is 11.6 Å². The maximum absolute atomic E-state index is 13.2. The smallest absolute Gasteiger partial charge is 0.255 e. The lowest BCUT2D eigenvalue weighted by Gasteiger charge is -2.24. The molecule has 7 nitrogen and oxygen atoms in total. The van der Waals surface area contributed by atoms with E-state index in [2.05, 4.69) is 50.7 Å². The Morgan fingerprint density at radius 2 is 1.64 bits per heavy atom. The number of carbonyl (C=O) groups excluding carboxylic acids is 1. The SMILES string of the molecule is Cc1ccc(-c2nnc3c4ccccc4nc(N4CCCN(C(=O)c5ccccc5Cl)CC4)n23)cc1. The number of amides is 1. The van der Waals surface area contributed by atoms with Gasteiger partial charge in [-0.25, -0.2) is 9.38 Å². The van der Waals surface area contributed by atoms with Crippen molar-refractivity contribution in [1.82, 2.24) is 24.5 Å². The third-order valence-corrected chi connectivity index (χ3v) is 7.04. The van der Waals surface area contributed by atoms with E-state index in [4.69, 9.17) is 16.6 Å². The zero-order valence-corrected chi connectivity index (χ0v) is 20.7. The normalized spacial score (nSPS) is 14.4. The third-order valence-electron chi connectivity index (χ3n) is 6.71. The van der Waals surface area contributed by atoms with Crippen LogP contribution in [0.2, 0.25) is 5.02 Å². The van der Waals surface area contributed by atoms with E-state index in [0.29, 0.717) is 30.2 Å². The number of carbonyl (C=O) groups is 1. The number of anilines is 1. The quantitative estimate of drug-likeness (QED) is 0.341. The van der Waals surface area contributed by atoms with Crippen LogP contribution in [0.5, 0.6) is 0 Å². The number of fused-ring (bicyclic) bond motifs is 3. The van der Waals surface area contributed by atoms with Crippen LogP contribution in [-0.4, -0.2) is 56.6 Å². The van der Waals surface area contributed by atoms with Gasteiger partial charge in [-0.2, -0.15) is 0 Å². The molecule has 6 rings (SSSR count). The van der Waals surface area contributed by atoms with Gasteiger partial charge in [0.2, 0.25) is 5.95 Å². The molecule has 0 spiro atoms. The summed E-state index contributed by atoms with van der Waals surface area (Å²) in [5, 5.41) is 10.6. The second kappa shape index (κ2) is 9.24. The number of halogens is 1. The van der Waals surface area contributed by atoms with Gasteiger partial charge in [0.05, 0.1) is 16.1 Å². The van der Waals surface area contributed by atoms with Crippen LogP contribution in [-0.2, 0) is 0 Å². The van der Waals surface area contributed by atoms with E-state index in [-0.39, 0.29) is 5.91 Å². The number of hydrogen-bond donors (Lipinski definition) is 0. The van der Waals surface area contributed by atoms with E-state index in [1.165, 1.54) is 5.56 Å². The van der Waals surface area contributed by atoms with Gasteiger partial charge in [-0.3, -0.25) is 4.79 Å². The molecule has 8 heteroatoms. The second-order valence-corrected chi connectivity index (χ2v) is 9.50.